The molecule has 154 valence electrons. The van der Waals surface area contributed by atoms with Crippen LogP contribution >= 0.6 is 0 Å². The van der Waals surface area contributed by atoms with Gasteiger partial charge in [-0.3, -0.25) is 4.79 Å². The first-order valence-electron chi connectivity index (χ1n) is 10.4. The van der Waals surface area contributed by atoms with E-state index >= 15 is 0 Å². The van der Waals surface area contributed by atoms with Crippen LogP contribution in [0, 0.1) is 18.3 Å². The lowest BCUT2D eigenvalue weighted by Gasteiger charge is -2.37. The molecule has 1 fully saturated rings. The number of hydrogen-bond donors (Lipinski definition) is 3. The molecule has 1 aliphatic rings. The van der Waals surface area contributed by atoms with Gasteiger partial charge in [-0.1, -0.05) is 26.8 Å². The normalized spacial score (nSPS) is 20.4. The zero-order valence-electron chi connectivity index (χ0n) is 17.6. The Morgan fingerprint density at radius 3 is 2.61 bits per heavy atom. The maximum atomic E-state index is 10.6. The van der Waals surface area contributed by atoms with Crippen molar-refractivity contribution in [3.63, 3.8) is 0 Å². The van der Waals surface area contributed by atoms with Crippen molar-refractivity contribution in [2.24, 2.45) is 11.3 Å². The second-order valence-electron chi connectivity index (χ2n) is 9.24. The summed E-state index contributed by atoms with van der Waals surface area (Å²) in [6, 6.07) is 6.33. The zero-order chi connectivity index (χ0) is 20.3. The smallest absolute Gasteiger partial charge is 0.304 e. The van der Waals surface area contributed by atoms with Crippen molar-refractivity contribution in [3.05, 3.63) is 29.5 Å². The summed E-state index contributed by atoms with van der Waals surface area (Å²) in [6.45, 7) is 10.2. The molecule has 3 rings (SSSR count). The van der Waals surface area contributed by atoms with Gasteiger partial charge in [-0.2, -0.15) is 0 Å². The molecule has 0 radical (unpaired) electrons. The van der Waals surface area contributed by atoms with Crippen molar-refractivity contribution in [1.82, 2.24) is 10.3 Å². The number of aromatic nitrogens is 1. The van der Waals surface area contributed by atoms with Gasteiger partial charge in [0.1, 0.15) is 5.75 Å². The van der Waals surface area contributed by atoms with Gasteiger partial charge in [-0.25, -0.2) is 0 Å². The van der Waals surface area contributed by atoms with Crippen molar-refractivity contribution in [2.75, 3.05) is 6.54 Å². The molecule has 0 spiro atoms. The summed E-state index contributed by atoms with van der Waals surface area (Å²) in [5.74, 6) is 0.994. The van der Waals surface area contributed by atoms with Crippen LogP contribution in [0.25, 0.3) is 10.9 Å². The van der Waals surface area contributed by atoms with Gasteiger partial charge in [-0.15, -0.1) is 0 Å². The summed E-state index contributed by atoms with van der Waals surface area (Å²) in [5, 5.41) is 13.0. The lowest BCUT2D eigenvalue weighted by Crippen LogP contribution is -2.30. The van der Waals surface area contributed by atoms with E-state index < -0.39 is 5.97 Å². The largest absolute Gasteiger partial charge is 0.488 e. The number of hydrogen-bond acceptors (Lipinski definition) is 3. The molecule has 0 aliphatic heterocycles. The average Bonchev–Trinajstić information content (AvgIpc) is 2.93. The molecule has 0 unspecified atom stereocenters. The number of carbonyl (C=O) groups is 1. The third-order valence-electron chi connectivity index (χ3n) is 6.02. The highest BCUT2D eigenvalue weighted by Crippen LogP contribution is 2.40. The number of benzene rings is 1. The summed E-state index contributed by atoms with van der Waals surface area (Å²) in [5.41, 5.74) is 3.67. The van der Waals surface area contributed by atoms with Crippen molar-refractivity contribution < 1.29 is 14.6 Å². The average molecular weight is 387 g/mol. The van der Waals surface area contributed by atoms with Crippen LogP contribution < -0.4 is 10.1 Å². The van der Waals surface area contributed by atoms with Crippen molar-refractivity contribution in [2.45, 2.75) is 72.4 Å². The van der Waals surface area contributed by atoms with Crippen molar-refractivity contribution >= 4 is 16.9 Å². The zero-order valence-corrected chi connectivity index (χ0v) is 17.6. The standard InChI is InChI=1S/C23H34N2O3/c1-15-22(28-18-8-6-17(7-9-18)23(2,3)4)19-10-5-16(13-20(19)25-15)14-24-12-11-21(26)27/h5,10,13,17-18,24-25H,6-9,11-12,14H2,1-4H3,(H,26,27). The lowest BCUT2D eigenvalue weighted by molar-refractivity contribution is -0.136. The molecule has 28 heavy (non-hydrogen) atoms. The third kappa shape index (κ3) is 5.07. The molecular formula is C23H34N2O3. The molecular weight excluding hydrogens is 352 g/mol. The van der Waals surface area contributed by atoms with Gasteiger partial charge in [0.25, 0.3) is 0 Å². The SMILES string of the molecule is Cc1[nH]c2cc(CNCCC(=O)O)ccc2c1OC1CCC(C(C)(C)C)CC1. The summed E-state index contributed by atoms with van der Waals surface area (Å²) < 4.78 is 6.45. The van der Waals surface area contributed by atoms with E-state index in [0.29, 0.717) is 24.6 Å². The molecule has 5 heteroatoms. The fourth-order valence-corrected chi connectivity index (χ4v) is 4.26. The number of fused-ring (bicyclic) bond motifs is 1. The number of ether oxygens (including phenoxy) is 1. The summed E-state index contributed by atoms with van der Waals surface area (Å²) >= 11 is 0. The highest BCUT2D eigenvalue weighted by Gasteiger charge is 2.31. The monoisotopic (exact) mass is 386 g/mol. The van der Waals surface area contributed by atoms with E-state index in [1.807, 2.05) is 0 Å². The molecule has 0 atom stereocenters. The highest BCUT2D eigenvalue weighted by molar-refractivity contribution is 5.88. The van der Waals surface area contributed by atoms with Gasteiger partial charge < -0.3 is 20.1 Å². The fourth-order valence-electron chi connectivity index (χ4n) is 4.26. The molecule has 1 aliphatic carbocycles. The molecule has 3 N–H and O–H groups in total. The van der Waals surface area contributed by atoms with E-state index in [4.69, 9.17) is 9.84 Å². The van der Waals surface area contributed by atoms with E-state index in [0.717, 1.165) is 46.7 Å². The number of aryl methyl sites for hydroxylation is 1. The predicted octanol–water partition coefficient (Wildman–Crippen LogP) is 5.02. The van der Waals surface area contributed by atoms with Gasteiger partial charge >= 0.3 is 5.97 Å². The van der Waals surface area contributed by atoms with Crippen LogP contribution in [0.2, 0.25) is 0 Å². The highest BCUT2D eigenvalue weighted by atomic mass is 16.5. The minimum atomic E-state index is -0.777. The molecule has 0 saturated heterocycles. The van der Waals surface area contributed by atoms with Crippen molar-refractivity contribution in [1.29, 1.82) is 0 Å². The van der Waals surface area contributed by atoms with Gasteiger partial charge in [0.05, 0.1) is 18.2 Å². The number of H-pyrrole nitrogens is 1. The van der Waals surface area contributed by atoms with Crippen LogP contribution in [0.5, 0.6) is 5.75 Å². The fraction of sp³-hybridized carbons (Fsp3) is 0.609. The summed E-state index contributed by atoms with van der Waals surface area (Å²) in [7, 11) is 0. The predicted molar refractivity (Wildman–Crippen MR) is 113 cm³/mol. The van der Waals surface area contributed by atoms with Crippen LogP contribution in [-0.2, 0) is 11.3 Å². The Balaban J connectivity index is 1.63. The Bertz CT molecular complexity index is 811. The minimum absolute atomic E-state index is 0.138. The Morgan fingerprint density at radius 2 is 1.96 bits per heavy atom. The molecule has 1 saturated carbocycles. The first-order valence-corrected chi connectivity index (χ1v) is 10.4. The second kappa shape index (κ2) is 8.56. The minimum Gasteiger partial charge on any atom is -0.488 e. The van der Waals surface area contributed by atoms with E-state index in [2.05, 4.69) is 56.2 Å². The number of nitrogens with one attached hydrogen (secondary N) is 2. The van der Waals surface area contributed by atoms with Crippen LogP contribution in [0.15, 0.2) is 18.2 Å². The third-order valence-corrected chi connectivity index (χ3v) is 6.02. The van der Waals surface area contributed by atoms with E-state index in [-0.39, 0.29) is 6.42 Å². The number of aromatic amines is 1. The van der Waals surface area contributed by atoms with Crippen LogP contribution in [-0.4, -0.2) is 28.7 Å². The molecule has 0 amide bonds. The molecule has 5 nitrogen and oxygen atoms in total. The maximum absolute atomic E-state index is 10.6. The van der Waals surface area contributed by atoms with Crippen LogP contribution in [0.4, 0.5) is 0 Å². The van der Waals surface area contributed by atoms with Crippen molar-refractivity contribution in [3.8, 4) is 5.75 Å². The topological polar surface area (TPSA) is 74.4 Å². The number of rotatable bonds is 7. The molecule has 1 aromatic carbocycles. The van der Waals surface area contributed by atoms with Gasteiger partial charge in [-0.05, 0) is 61.6 Å². The molecule has 1 aromatic heterocycles. The molecule has 2 aromatic rings. The Kier molecular flexibility index (Phi) is 6.33. The molecule has 1 heterocycles. The Labute approximate surface area is 167 Å². The lowest BCUT2D eigenvalue weighted by atomic mass is 9.72. The second-order valence-corrected chi connectivity index (χ2v) is 9.24. The van der Waals surface area contributed by atoms with Crippen LogP contribution in [0.3, 0.4) is 0 Å². The van der Waals surface area contributed by atoms with Gasteiger partial charge in [0, 0.05) is 24.0 Å². The van der Waals surface area contributed by atoms with E-state index in [1.54, 1.807) is 0 Å². The number of carboxylic acid groups (broad SMARTS) is 1. The quantitative estimate of drug-likeness (QED) is 0.584. The van der Waals surface area contributed by atoms with E-state index in [9.17, 15) is 4.79 Å². The van der Waals surface area contributed by atoms with E-state index in [1.165, 1.54) is 12.8 Å². The Morgan fingerprint density at radius 1 is 1.25 bits per heavy atom. The first kappa shape index (κ1) is 20.7. The van der Waals surface area contributed by atoms with Crippen LogP contribution in [0.1, 0.15) is 64.1 Å². The maximum Gasteiger partial charge on any atom is 0.304 e. The first-order chi connectivity index (χ1) is 13.2. The Hall–Kier alpha value is -2.01. The number of aliphatic carboxylic acids is 1. The van der Waals surface area contributed by atoms with Gasteiger partial charge in [0.15, 0.2) is 0 Å². The summed E-state index contributed by atoms with van der Waals surface area (Å²) in [6.07, 6.45) is 5.16. The van der Waals surface area contributed by atoms with Gasteiger partial charge in [0.2, 0.25) is 0 Å². The molecule has 0 bridgehead atoms. The summed E-state index contributed by atoms with van der Waals surface area (Å²) in [4.78, 5) is 14.0. The number of carboxylic acids is 1.